The van der Waals surface area contributed by atoms with E-state index in [4.69, 9.17) is 11.6 Å². The number of nitro benzene ring substituents is 1. The van der Waals surface area contributed by atoms with Crippen molar-refractivity contribution in [1.82, 2.24) is 14.5 Å². The lowest BCUT2D eigenvalue weighted by Crippen LogP contribution is -2.43. The normalized spacial score (nSPS) is 10.9. The molecule has 33 heavy (non-hydrogen) atoms. The number of thiophene rings is 1. The second-order valence-corrected chi connectivity index (χ2v) is 8.51. The Hall–Kier alpha value is -3.76. The van der Waals surface area contributed by atoms with Gasteiger partial charge in [0, 0.05) is 23.7 Å². The molecule has 4 aromatic rings. The zero-order valence-electron chi connectivity index (χ0n) is 17.1. The maximum Gasteiger partial charge on any atom is 0.332 e. The first-order valence-corrected chi connectivity index (χ1v) is 11.0. The van der Waals surface area contributed by atoms with Crippen molar-refractivity contribution >= 4 is 44.7 Å². The molecule has 0 radical (unpaired) electrons. The van der Waals surface area contributed by atoms with Gasteiger partial charge in [0.05, 0.1) is 17.0 Å². The minimum absolute atomic E-state index is 0.00920. The standard InChI is InChI=1S/C22H17ClN4O5S/c23-17-7-2-1-5-15(17)11-24-19(28)13-26-21(29)20-18(8-9-33-20)25(22(26)30)12-14-4-3-6-16(10-14)27(31)32/h1-10H,11-13H2,(H,24,28). The topological polar surface area (TPSA) is 116 Å². The maximum atomic E-state index is 13.2. The molecule has 0 saturated heterocycles. The van der Waals surface area contributed by atoms with E-state index in [9.17, 15) is 24.5 Å². The van der Waals surface area contributed by atoms with Crippen LogP contribution in [-0.2, 0) is 24.4 Å². The third-order valence-corrected chi connectivity index (χ3v) is 6.29. The molecule has 168 valence electrons. The van der Waals surface area contributed by atoms with E-state index < -0.39 is 28.6 Å². The van der Waals surface area contributed by atoms with E-state index in [1.54, 1.807) is 41.8 Å². The van der Waals surface area contributed by atoms with Gasteiger partial charge in [-0.1, -0.05) is 41.9 Å². The summed E-state index contributed by atoms with van der Waals surface area (Å²) in [7, 11) is 0. The second kappa shape index (κ2) is 9.39. The number of carbonyl (C=O) groups is 1. The average Bonchev–Trinajstić information content (AvgIpc) is 3.29. The fraction of sp³-hybridized carbons (Fsp3) is 0.136. The van der Waals surface area contributed by atoms with E-state index in [1.165, 1.54) is 22.8 Å². The number of carbonyl (C=O) groups excluding carboxylic acids is 1. The zero-order chi connectivity index (χ0) is 23.5. The van der Waals surface area contributed by atoms with Crippen molar-refractivity contribution in [3.8, 4) is 0 Å². The van der Waals surface area contributed by atoms with Crippen molar-refractivity contribution in [2.45, 2.75) is 19.6 Å². The molecule has 0 unspecified atom stereocenters. The largest absolute Gasteiger partial charge is 0.350 e. The molecule has 0 aliphatic heterocycles. The van der Waals surface area contributed by atoms with Gasteiger partial charge in [-0.05, 0) is 28.6 Å². The van der Waals surface area contributed by atoms with Gasteiger partial charge in [-0.25, -0.2) is 9.36 Å². The molecular weight excluding hydrogens is 468 g/mol. The van der Waals surface area contributed by atoms with Gasteiger partial charge in [0.1, 0.15) is 11.2 Å². The number of hydrogen-bond acceptors (Lipinski definition) is 6. The van der Waals surface area contributed by atoms with Gasteiger partial charge in [0.2, 0.25) is 5.91 Å². The van der Waals surface area contributed by atoms with E-state index in [0.29, 0.717) is 26.4 Å². The van der Waals surface area contributed by atoms with Crippen molar-refractivity contribution in [3.63, 3.8) is 0 Å². The quantitative estimate of drug-likeness (QED) is 0.319. The Morgan fingerprint density at radius 3 is 2.64 bits per heavy atom. The third-order valence-electron chi connectivity index (χ3n) is 5.03. The molecule has 0 saturated carbocycles. The summed E-state index contributed by atoms with van der Waals surface area (Å²) in [6, 6.07) is 14.6. The Morgan fingerprint density at radius 1 is 1.09 bits per heavy atom. The molecule has 9 nitrogen and oxygen atoms in total. The first-order valence-electron chi connectivity index (χ1n) is 9.79. The first-order chi connectivity index (χ1) is 15.8. The summed E-state index contributed by atoms with van der Waals surface area (Å²) in [6.45, 7) is -0.309. The molecule has 0 spiro atoms. The SMILES string of the molecule is O=C(Cn1c(=O)c2sccc2n(Cc2cccc([N+](=O)[O-])c2)c1=O)NCc1ccccc1Cl. The monoisotopic (exact) mass is 484 g/mol. The van der Waals surface area contributed by atoms with Crippen molar-refractivity contribution in [1.29, 1.82) is 0 Å². The molecule has 2 heterocycles. The lowest BCUT2D eigenvalue weighted by atomic mass is 10.2. The Labute approximate surface area is 195 Å². The number of aromatic nitrogens is 2. The highest BCUT2D eigenvalue weighted by Gasteiger charge is 2.17. The minimum Gasteiger partial charge on any atom is -0.350 e. The highest BCUT2D eigenvalue weighted by molar-refractivity contribution is 7.17. The predicted octanol–water partition coefficient (Wildman–Crippen LogP) is 3.15. The number of nitrogens with zero attached hydrogens (tertiary/aromatic N) is 3. The van der Waals surface area contributed by atoms with Gasteiger partial charge < -0.3 is 5.32 Å². The fourth-order valence-corrected chi connectivity index (χ4v) is 4.46. The van der Waals surface area contributed by atoms with E-state index >= 15 is 0 Å². The van der Waals surface area contributed by atoms with Crippen molar-refractivity contribution in [2.24, 2.45) is 0 Å². The van der Waals surface area contributed by atoms with Crippen LogP contribution in [0.4, 0.5) is 5.69 Å². The maximum absolute atomic E-state index is 13.2. The average molecular weight is 485 g/mol. The number of benzene rings is 2. The molecule has 2 aromatic heterocycles. The Bertz CT molecular complexity index is 1490. The van der Waals surface area contributed by atoms with Crippen LogP contribution in [-0.4, -0.2) is 20.0 Å². The number of fused-ring (bicyclic) bond motifs is 1. The van der Waals surface area contributed by atoms with Crippen LogP contribution < -0.4 is 16.6 Å². The Morgan fingerprint density at radius 2 is 1.88 bits per heavy atom. The highest BCUT2D eigenvalue weighted by atomic mass is 35.5. The molecule has 0 fully saturated rings. The van der Waals surface area contributed by atoms with E-state index in [-0.39, 0.29) is 18.8 Å². The van der Waals surface area contributed by atoms with Gasteiger partial charge >= 0.3 is 5.69 Å². The van der Waals surface area contributed by atoms with Crippen molar-refractivity contribution in [2.75, 3.05) is 0 Å². The van der Waals surface area contributed by atoms with Gasteiger partial charge in [-0.15, -0.1) is 11.3 Å². The van der Waals surface area contributed by atoms with Crippen LogP contribution in [0.25, 0.3) is 10.2 Å². The Kier molecular flexibility index (Phi) is 6.38. The third kappa shape index (κ3) is 4.71. The summed E-state index contributed by atoms with van der Waals surface area (Å²) < 4.78 is 2.53. The summed E-state index contributed by atoms with van der Waals surface area (Å²) in [5.41, 5.74) is 0.297. The van der Waals surface area contributed by atoms with Gasteiger partial charge in [-0.2, -0.15) is 0 Å². The molecule has 11 heteroatoms. The number of non-ortho nitro benzene ring substituents is 1. The van der Waals surface area contributed by atoms with Crippen LogP contribution >= 0.6 is 22.9 Å². The number of amides is 1. The van der Waals surface area contributed by atoms with E-state index in [2.05, 4.69) is 5.32 Å². The van der Waals surface area contributed by atoms with E-state index in [0.717, 1.165) is 15.9 Å². The van der Waals surface area contributed by atoms with Gasteiger partial charge in [-0.3, -0.25) is 24.3 Å². The molecular formula is C22H17ClN4O5S. The lowest BCUT2D eigenvalue weighted by Gasteiger charge is -2.13. The van der Waals surface area contributed by atoms with E-state index in [1.807, 2.05) is 0 Å². The summed E-state index contributed by atoms with van der Waals surface area (Å²) in [4.78, 5) is 49.2. The smallest absolute Gasteiger partial charge is 0.332 e. The van der Waals surface area contributed by atoms with Crippen LogP contribution in [0.3, 0.4) is 0 Å². The first kappa shape index (κ1) is 22.4. The summed E-state index contributed by atoms with van der Waals surface area (Å²) in [5, 5.41) is 15.9. The lowest BCUT2D eigenvalue weighted by molar-refractivity contribution is -0.384. The van der Waals surface area contributed by atoms with Gasteiger partial charge in [0.25, 0.3) is 11.2 Å². The molecule has 4 rings (SSSR count). The number of hydrogen-bond donors (Lipinski definition) is 1. The van der Waals surface area contributed by atoms with Crippen LogP contribution in [0.1, 0.15) is 11.1 Å². The van der Waals surface area contributed by atoms with Crippen LogP contribution in [0.15, 0.2) is 69.6 Å². The molecule has 1 N–H and O–H groups in total. The number of halogens is 1. The molecule has 0 aliphatic rings. The highest BCUT2D eigenvalue weighted by Crippen LogP contribution is 2.19. The van der Waals surface area contributed by atoms with Crippen LogP contribution in [0, 0.1) is 10.1 Å². The number of nitro groups is 1. The molecule has 2 aromatic carbocycles. The van der Waals surface area contributed by atoms with Gasteiger partial charge in [0.15, 0.2) is 0 Å². The minimum atomic E-state index is -0.676. The van der Waals surface area contributed by atoms with Crippen LogP contribution in [0.2, 0.25) is 5.02 Å². The summed E-state index contributed by atoms with van der Waals surface area (Å²) in [6.07, 6.45) is 0. The molecule has 1 amide bonds. The summed E-state index contributed by atoms with van der Waals surface area (Å²) >= 11 is 7.26. The Balaban J connectivity index is 1.65. The fourth-order valence-electron chi connectivity index (χ4n) is 3.41. The van der Waals surface area contributed by atoms with Crippen molar-refractivity contribution in [3.05, 3.63) is 107 Å². The molecule has 0 atom stereocenters. The summed E-state index contributed by atoms with van der Waals surface area (Å²) in [5.74, 6) is -0.521. The van der Waals surface area contributed by atoms with Crippen molar-refractivity contribution < 1.29 is 9.72 Å². The number of nitrogens with one attached hydrogen (secondary N) is 1. The predicted molar refractivity (Wildman–Crippen MR) is 126 cm³/mol. The zero-order valence-corrected chi connectivity index (χ0v) is 18.6. The number of rotatable bonds is 7. The molecule has 0 aliphatic carbocycles. The van der Waals surface area contributed by atoms with Crippen LogP contribution in [0.5, 0.6) is 0 Å². The second-order valence-electron chi connectivity index (χ2n) is 7.19. The molecule has 0 bridgehead atoms.